The fourth-order valence-corrected chi connectivity index (χ4v) is 2.82. The number of carbonyl (C=O) groups excluding carboxylic acids is 1. The zero-order chi connectivity index (χ0) is 18.6. The molecule has 6 atom stereocenters. The summed E-state index contributed by atoms with van der Waals surface area (Å²) >= 11 is 0. The Balaban J connectivity index is 2.16. The highest BCUT2D eigenvalue weighted by molar-refractivity contribution is 5.73. The van der Waals surface area contributed by atoms with Gasteiger partial charge in [0, 0.05) is 6.92 Å². The van der Waals surface area contributed by atoms with Crippen molar-refractivity contribution in [3.63, 3.8) is 0 Å². The Kier molecular flexibility index (Phi) is 6.78. The van der Waals surface area contributed by atoms with Gasteiger partial charge in [0.25, 0.3) is 0 Å². The van der Waals surface area contributed by atoms with E-state index in [1.54, 1.807) is 12.1 Å². The van der Waals surface area contributed by atoms with Gasteiger partial charge in [0.1, 0.15) is 30.1 Å². The molecular weight excluding hydrogens is 326 g/mol. The van der Waals surface area contributed by atoms with Gasteiger partial charge in [-0.3, -0.25) is 4.79 Å². The molecule has 1 aromatic rings. The van der Waals surface area contributed by atoms with Gasteiger partial charge in [-0.05, 0) is 30.0 Å². The van der Waals surface area contributed by atoms with Gasteiger partial charge in [0.2, 0.25) is 12.2 Å². The van der Waals surface area contributed by atoms with Crippen LogP contribution in [0.15, 0.2) is 24.3 Å². The quantitative estimate of drug-likeness (QED) is 0.594. The molecule has 2 rings (SSSR count). The maximum Gasteiger partial charge on any atom is 0.223 e. The van der Waals surface area contributed by atoms with Crippen molar-refractivity contribution in [2.24, 2.45) is 0 Å². The first-order valence-electron chi connectivity index (χ1n) is 8.53. The van der Waals surface area contributed by atoms with Crippen LogP contribution in [0.4, 0.5) is 0 Å². The van der Waals surface area contributed by atoms with E-state index >= 15 is 0 Å². The Morgan fingerprint density at radius 2 is 1.92 bits per heavy atom. The maximum absolute atomic E-state index is 11.4. The number of nitrogens with one attached hydrogen (secondary N) is 1. The van der Waals surface area contributed by atoms with Crippen LogP contribution in [0.2, 0.25) is 0 Å². The van der Waals surface area contributed by atoms with E-state index < -0.39 is 37.3 Å². The molecule has 1 amide bonds. The minimum Gasteiger partial charge on any atom is -0.463 e. The molecule has 1 aromatic carbocycles. The number of aliphatic hydroxyl groups is 3. The van der Waals surface area contributed by atoms with Crippen molar-refractivity contribution < 1.29 is 29.6 Å². The maximum atomic E-state index is 11.4. The summed E-state index contributed by atoms with van der Waals surface area (Å²) in [5.41, 5.74) is 1.18. The monoisotopic (exact) mass is 353 g/mol. The second-order valence-electron chi connectivity index (χ2n) is 6.43. The van der Waals surface area contributed by atoms with Crippen LogP contribution in [0, 0.1) is 0 Å². The number of benzene rings is 1. The first kappa shape index (κ1) is 19.7. The number of hydrogen-bond donors (Lipinski definition) is 4. The molecule has 1 fully saturated rings. The Labute approximate surface area is 147 Å². The number of carbonyl (C=O) groups is 1. The van der Waals surface area contributed by atoms with Gasteiger partial charge in [0.15, 0.2) is 0 Å². The summed E-state index contributed by atoms with van der Waals surface area (Å²) in [7, 11) is 0. The molecule has 0 aliphatic carbocycles. The minimum atomic E-state index is -1.32. The van der Waals surface area contributed by atoms with Crippen molar-refractivity contribution in [3.05, 3.63) is 29.8 Å². The lowest BCUT2D eigenvalue weighted by Crippen LogP contribution is -2.65. The summed E-state index contributed by atoms with van der Waals surface area (Å²) in [6.07, 6.45) is -3.65. The van der Waals surface area contributed by atoms with Gasteiger partial charge in [-0.15, -0.1) is 0 Å². The van der Waals surface area contributed by atoms with Gasteiger partial charge in [0.05, 0.1) is 6.61 Å². The number of rotatable bonds is 6. The average Bonchev–Trinajstić information content (AvgIpc) is 2.60. The van der Waals surface area contributed by atoms with Crippen molar-refractivity contribution in [2.45, 2.75) is 63.8 Å². The molecule has 0 spiro atoms. The van der Waals surface area contributed by atoms with Crippen LogP contribution in [0.5, 0.6) is 5.75 Å². The van der Waals surface area contributed by atoms with E-state index in [2.05, 4.69) is 19.2 Å². The van der Waals surface area contributed by atoms with Crippen LogP contribution in [0.25, 0.3) is 0 Å². The lowest BCUT2D eigenvalue weighted by atomic mass is 9.97. The molecule has 1 saturated heterocycles. The molecule has 0 unspecified atom stereocenters. The SMILES string of the molecule is CC[C@@H](C)c1ccc(O[C@H]2O[C@H](CO)[C@@H](O)[C@H](O)[C@H]2NC(C)=O)cc1. The average molecular weight is 353 g/mol. The fourth-order valence-electron chi connectivity index (χ4n) is 2.82. The molecule has 0 bridgehead atoms. The molecule has 1 aliphatic rings. The van der Waals surface area contributed by atoms with E-state index in [0.29, 0.717) is 11.7 Å². The van der Waals surface area contributed by atoms with E-state index in [0.717, 1.165) is 6.42 Å². The fraction of sp³-hybridized carbons (Fsp3) is 0.611. The van der Waals surface area contributed by atoms with E-state index in [1.165, 1.54) is 12.5 Å². The summed E-state index contributed by atoms with van der Waals surface area (Å²) in [4.78, 5) is 11.4. The lowest BCUT2D eigenvalue weighted by Gasteiger charge is -2.42. The van der Waals surface area contributed by atoms with Gasteiger partial charge in [-0.2, -0.15) is 0 Å². The number of hydrogen-bond acceptors (Lipinski definition) is 6. The van der Waals surface area contributed by atoms with E-state index in [4.69, 9.17) is 9.47 Å². The Hall–Kier alpha value is -1.67. The van der Waals surface area contributed by atoms with Crippen LogP contribution in [0.1, 0.15) is 38.7 Å². The largest absolute Gasteiger partial charge is 0.463 e. The third-order valence-electron chi connectivity index (χ3n) is 4.56. The van der Waals surface area contributed by atoms with Crippen molar-refractivity contribution >= 4 is 5.91 Å². The van der Waals surface area contributed by atoms with E-state index in [-0.39, 0.29) is 5.91 Å². The first-order chi connectivity index (χ1) is 11.9. The summed E-state index contributed by atoms with van der Waals surface area (Å²) in [5, 5.41) is 32.1. The number of ether oxygens (including phenoxy) is 2. The zero-order valence-electron chi connectivity index (χ0n) is 14.8. The molecule has 1 aliphatic heterocycles. The molecule has 0 radical (unpaired) electrons. The topological polar surface area (TPSA) is 108 Å². The molecule has 0 saturated carbocycles. The Morgan fingerprint density at radius 3 is 2.44 bits per heavy atom. The molecular formula is C18H27NO6. The molecule has 7 heteroatoms. The van der Waals surface area contributed by atoms with Crippen molar-refractivity contribution in [3.8, 4) is 5.75 Å². The summed E-state index contributed by atoms with van der Waals surface area (Å²) in [5.74, 6) is 0.554. The van der Waals surface area contributed by atoms with E-state index in [9.17, 15) is 20.1 Å². The first-order valence-corrected chi connectivity index (χ1v) is 8.53. The molecule has 25 heavy (non-hydrogen) atoms. The minimum absolute atomic E-state index is 0.386. The molecule has 140 valence electrons. The summed E-state index contributed by atoms with van der Waals surface area (Å²) < 4.78 is 11.3. The van der Waals surface area contributed by atoms with Crippen molar-refractivity contribution in [1.82, 2.24) is 5.32 Å². The highest BCUT2D eigenvalue weighted by Gasteiger charge is 2.46. The second-order valence-corrected chi connectivity index (χ2v) is 6.43. The van der Waals surface area contributed by atoms with Crippen molar-refractivity contribution in [2.75, 3.05) is 6.61 Å². The Bertz CT molecular complexity index is 563. The lowest BCUT2D eigenvalue weighted by molar-refractivity contribution is -0.244. The third-order valence-corrected chi connectivity index (χ3v) is 4.56. The molecule has 1 heterocycles. The number of amides is 1. The van der Waals surface area contributed by atoms with Gasteiger partial charge >= 0.3 is 0 Å². The van der Waals surface area contributed by atoms with E-state index in [1.807, 2.05) is 12.1 Å². The van der Waals surface area contributed by atoms with Crippen LogP contribution in [0.3, 0.4) is 0 Å². The van der Waals surface area contributed by atoms with Crippen LogP contribution < -0.4 is 10.1 Å². The summed E-state index contributed by atoms with van der Waals surface area (Å²) in [6.45, 7) is 5.08. The standard InChI is InChI=1S/C18H27NO6/c1-4-10(2)12-5-7-13(8-6-12)24-18-15(19-11(3)21)17(23)16(22)14(9-20)25-18/h5-8,10,14-18,20,22-23H,4,9H2,1-3H3,(H,19,21)/t10-,14-,15-,16-,17-,18+/m1/s1. The molecule has 7 nitrogen and oxygen atoms in total. The molecule has 4 N–H and O–H groups in total. The smallest absolute Gasteiger partial charge is 0.223 e. The van der Waals surface area contributed by atoms with Gasteiger partial charge in [-0.25, -0.2) is 0 Å². The van der Waals surface area contributed by atoms with Crippen LogP contribution in [-0.2, 0) is 9.53 Å². The third kappa shape index (κ3) is 4.70. The van der Waals surface area contributed by atoms with Crippen LogP contribution >= 0.6 is 0 Å². The number of aliphatic hydroxyl groups excluding tert-OH is 3. The molecule has 0 aromatic heterocycles. The second kappa shape index (κ2) is 8.62. The highest BCUT2D eigenvalue weighted by atomic mass is 16.7. The zero-order valence-corrected chi connectivity index (χ0v) is 14.8. The normalized spacial score (nSPS) is 30.6. The predicted molar refractivity (Wildman–Crippen MR) is 91.1 cm³/mol. The Morgan fingerprint density at radius 1 is 1.28 bits per heavy atom. The van der Waals surface area contributed by atoms with Crippen molar-refractivity contribution in [1.29, 1.82) is 0 Å². The highest BCUT2D eigenvalue weighted by Crippen LogP contribution is 2.26. The van der Waals surface area contributed by atoms with Gasteiger partial charge in [-0.1, -0.05) is 26.0 Å². The predicted octanol–water partition coefficient (Wildman–Crippen LogP) is 0.523. The van der Waals surface area contributed by atoms with Gasteiger partial charge < -0.3 is 30.1 Å². The van der Waals surface area contributed by atoms with Crippen LogP contribution in [-0.4, -0.2) is 58.5 Å². The summed E-state index contributed by atoms with van der Waals surface area (Å²) in [6, 6.07) is 6.54.